The predicted octanol–water partition coefficient (Wildman–Crippen LogP) is 5.18. The fourth-order valence-corrected chi connectivity index (χ4v) is 2.82. The van der Waals surface area contributed by atoms with E-state index < -0.39 is 6.61 Å². The van der Waals surface area contributed by atoms with Gasteiger partial charge in [-0.05, 0) is 36.8 Å². The van der Waals surface area contributed by atoms with Crippen molar-refractivity contribution in [2.45, 2.75) is 26.5 Å². The second kappa shape index (κ2) is 6.90. The van der Waals surface area contributed by atoms with E-state index in [0.717, 1.165) is 12.1 Å². The summed E-state index contributed by atoms with van der Waals surface area (Å²) in [5, 5.41) is 3.37. The number of thiophene rings is 1. The molecule has 0 saturated carbocycles. The van der Waals surface area contributed by atoms with Crippen molar-refractivity contribution in [3.8, 4) is 5.75 Å². The summed E-state index contributed by atoms with van der Waals surface area (Å²) >= 11 is 7.63. The molecule has 2 rings (SSSR count). The molecule has 20 heavy (non-hydrogen) atoms. The van der Waals surface area contributed by atoms with Gasteiger partial charge in [0.2, 0.25) is 0 Å². The zero-order valence-electron chi connectivity index (χ0n) is 10.8. The Morgan fingerprint density at radius 1 is 1.25 bits per heavy atom. The zero-order chi connectivity index (χ0) is 14.5. The molecule has 1 N–H and O–H groups in total. The minimum Gasteiger partial charge on any atom is -0.433 e. The summed E-state index contributed by atoms with van der Waals surface area (Å²) in [6, 6.07) is 8.86. The van der Waals surface area contributed by atoms with Gasteiger partial charge in [0.05, 0.1) is 5.02 Å². The average Bonchev–Trinajstić information content (AvgIpc) is 2.87. The molecule has 1 aromatic heterocycles. The lowest BCUT2D eigenvalue weighted by Crippen LogP contribution is -2.03. The summed E-state index contributed by atoms with van der Waals surface area (Å²) < 4.78 is 28.5. The molecule has 2 nitrogen and oxygen atoms in total. The molecule has 1 aromatic carbocycles. The van der Waals surface area contributed by atoms with Crippen LogP contribution in [-0.4, -0.2) is 6.61 Å². The Kier molecular flexibility index (Phi) is 5.20. The highest BCUT2D eigenvalue weighted by atomic mass is 35.5. The molecular weight excluding hydrogens is 304 g/mol. The maximum Gasteiger partial charge on any atom is 0.387 e. The van der Waals surface area contributed by atoms with Crippen LogP contribution in [0.5, 0.6) is 5.75 Å². The number of anilines is 1. The first-order chi connectivity index (χ1) is 9.58. The normalized spacial score (nSPS) is 10.8. The molecule has 0 spiro atoms. The van der Waals surface area contributed by atoms with Crippen LogP contribution in [0.4, 0.5) is 14.5 Å². The largest absolute Gasteiger partial charge is 0.433 e. The van der Waals surface area contributed by atoms with Gasteiger partial charge in [0.15, 0.2) is 0 Å². The van der Waals surface area contributed by atoms with Crippen LogP contribution in [0, 0.1) is 0 Å². The molecule has 0 aliphatic heterocycles. The van der Waals surface area contributed by atoms with Crippen molar-refractivity contribution in [1.82, 2.24) is 0 Å². The number of hydrogen-bond donors (Lipinski definition) is 1. The first kappa shape index (κ1) is 15.1. The molecular formula is C14H14ClF2NOS. The molecule has 0 fully saturated rings. The summed E-state index contributed by atoms with van der Waals surface area (Å²) in [6.07, 6.45) is 1.02. The summed E-state index contributed by atoms with van der Waals surface area (Å²) in [5.74, 6) is -0.0170. The van der Waals surface area contributed by atoms with Crippen LogP contribution in [0.2, 0.25) is 5.02 Å². The maximum atomic E-state index is 12.1. The molecule has 0 atom stereocenters. The molecule has 0 amide bonds. The van der Waals surface area contributed by atoms with Crippen LogP contribution in [0.25, 0.3) is 0 Å². The second-order valence-corrected chi connectivity index (χ2v) is 5.76. The van der Waals surface area contributed by atoms with E-state index in [1.54, 1.807) is 23.5 Å². The first-order valence-electron chi connectivity index (χ1n) is 6.14. The van der Waals surface area contributed by atoms with Crippen LogP contribution in [0.15, 0.2) is 30.3 Å². The number of nitrogens with one attached hydrogen (secondary N) is 1. The van der Waals surface area contributed by atoms with Crippen molar-refractivity contribution >= 4 is 28.6 Å². The van der Waals surface area contributed by atoms with Gasteiger partial charge < -0.3 is 10.1 Å². The molecule has 2 aromatic rings. The lowest BCUT2D eigenvalue weighted by Gasteiger charge is -2.09. The molecule has 108 valence electrons. The number of hydrogen-bond acceptors (Lipinski definition) is 3. The summed E-state index contributed by atoms with van der Waals surface area (Å²) in [6.45, 7) is -0.0782. The maximum absolute atomic E-state index is 12.1. The standard InChI is InChI=1S/C14H14ClF2NOS/c1-2-10-4-5-11(20-10)8-18-9-3-6-13(12(15)7-9)19-14(16)17/h3-7,14,18H,2,8H2,1H3. The van der Waals surface area contributed by atoms with E-state index in [-0.39, 0.29) is 10.8 Å². The monoisotopic (exact) mass is 317 g/mol. The number of rotatable bonds is 6. The van der Waals surface area contributed by atoms with Gasteiger partial charge in [-0.2, -0.15) is 8.78 Å². The van der Waals surface area contributed by atoms with E-state index in [9.17, 15) is 8.78 Å². The van der Waals surface area contributed by atoms with E-state index in [4.69, 9.17) is 11.6 Å². The zero-order valence-corrected chi connectivity index (χ0v) is 12.4. The van der Waals surface area contributed by atoms with Gasteiger partial charge in [-0.3, -0.25) is 0 Å². The highest BCUT2D eigenvalue weighted by Crippen LogP contribution is 2.29. The topological polar surface area (TPSA) is 21.3 Å². The number of alkyl halides is 2. The van der Waals surface area contributed by atoms with Crippen molar-refractivity contribution in [2.24, 2.45) is 0 Å². The van der Waals surface area contributed by atoms with E-state index in [2.05, 4.69) is 29.1 Å². The molecule has 0 unspecified atom stereocenters. The summed E-state index contributed by atoms with van der Waals surface area (Å²) in [7, 11) is 0. The van der Waals surface area contributed by atoms with Crippen LogP contribution in [-0.2, 0) is 13.0 Å². The van der Waals surface area contributed by atoms with Crippen LogP contribution in [0.3, 0.4) is 0 Å². The minimum absolute atomic E-state index is 0.0170. The Morgan fingerprint density at radius 3 is 2.60 bits per heavy atom. The fraction of sp³-hybridized carbons (Fsp3) is 0.286. The molecule has 0 radical (unpaired) electrons. The third-order valence-corrected chi connectivity index (χ3v) is 4.21. The smallest absolute Gasteiger partial charge is 0.387 e. The number of aryl methyl sites for hydroxylation is 1. The van der Waals surface area contributed by atoms with Gasteiger partial charge in [0.1, 0.15) is 5.75 Å². The fourth-order valence-electron chi connectivity index (χ4n) is 1.70. The third-order valence-electron chi connectivity index (χ3n) is 2.68. The van der Waals surface area contributed by atoms with Crippen LogP contribution < -0.4 is 10.1 Å². The Labute approximate surface area is 125 Å². The Hall–Kier alpha value is -1.33. The van der Waals surface area contributed by atoms with E-state index >= 15 is 0 Å². The summed E-state index contributed by atoms with van der Waals surface area (Å²) in [5.41, 5.74) is 0.767. The van der Waals surface area contributed by atoms with Crippen molar-refractivity contribution < 1.29 is 13.5 Å². The average molecular weight is 318 g/mol. The highest BCUT2D eigenvalue weighted by Gasteiger charge is 2.09. The van der Waals surface area contributed by atoms with Crippen molar-refractivity contribution in [3.63, 3.8) is 0 Å². The Morgan fingerprint density at radius 2 is 2.00 bits per heavy atom. The molecule has 1 heterocycles. The molecule has 0 bridgehead atoms. The van der Waals surface area contributed by atoms with Gasteiger partial charge in [-0.1, -0.05) is 18.5 Å². The van der Waals surface area contributed by atoms with Crippen LogP contribution in [0.1, 0.15) is 16.7 Å². The number of ether oxygens (including phenoxy) is 1. The van der Waals surface area contributed by atoms with Crippen molar-refractivity contribution in [1.29, 1.82) is 0 Å². The van der Waals surface area contributed by atoms with Gasteiger partial charge in [0.25, 0.3) is 0 Å². The third kappa shape index (κ3) is 4.08. The van der Waals surface area contributed by atoms with E-state index in [0.29, 0.717) is 6.54 Å². The van der Waals surface area contributed by atoms with Crippen molar-refractivity contribution in [3.05, 3.63) is 45.1 Å². The predicted molar refractivity (Wildman–Crippen MR) is 79.1 cm³/mol. The molecule has 6 heteroatoms. The molecule has 0 aliphatic rings. The Balaban J connectivity index is 1.97. The molecule has 0 saturated heterocycles. The lowest BCUT2D eigenvalue weighted by atomic mass is 10.3. The van der Waals surface area contributed by atoms with Crippen LogP contribution >= 0.6 is 22.9 Å². The second-order valence-electron chi connectivity index (χ2n) is 4.10. The molecule has 0 aliphatic carbocycles. The van der Waals surface area contributed by atoms with E-state index in [1.165, 1.54) is 15.8 Å². The van der Waals surface area contributed by atoms with E-state index in [1.807, 2.05) is 0 Å². The minimum atomic E-state index is -2.87. The first-order valence-corrected chi connectivity index (χ1v) is 7.33. The van der Waals surface area contributed by atoms with Gasteiger partial charge in [0, 0.05) is 22.0 Å². The van der Waals surface area contributed by atoms with Gasteiger partial charge in [-0.15, -0.1) is 11.3 Å². The SMILES string of the molecule is CCc1ccc(CNc2ccc(OC(F)F)c(Cl)c2)s1. The number of benzene rings is 1. The Bertz CT molecular complexity index is 574. The quantitative estimate of drug-likeness (QED) is 0.793. The highest BCUT2D eigenvalue weighted by molar-refractivity contribution is 7.12. The lowest BCUT2D eigenvalue weighted by molar-refractivity contribution is -0.0497. The van der Waals surface area contributed by atoms with Gasteiger partial charge in [-0.25, -0.2) is 0 Å². The van der Waals surface area contributed by atoms with Gasteiger partial charge >= 0.3 is 6.61 Å². The van der Waals surface area contributed by atoms with Crippen molar-refractivity contribution in [2.75, 3.05) is 5.32 Å². The summed E-state index contributed by atoms with van der Waals surface area (Å²) in [4.78, 5) is 2.55. The number of halogens is 3.